The van der Waals surface area contributed by atoms with Gasteiger partial charge in [0.25, 0.3) is 0 Å². The Labute approximate surface area is 535 Å². The highest BCUT2D eigenvalue weighted by molar-refractivity contribution is 7.47. The molecule has 0 aromatic rings. The van der Waals surface area contributed by atoms with Gasteiger partial charge in [0.15, 0.2) is 12.2 Å². The Hall–Kier alpha value is -2.46. The van der Waals surface area contributed by atoms with E-state index in [1.807, 2.05) is 0 Å². The van der Waals surface area contributed by atoms with Gasteiger partial charge in [-0.1, -0.05) is 283 Å². The molecule has 0 aromatic carbocycles. The van der Waals surface area contributed by atoms with Crippen LogP contribution in [0.3, 0.4) is 0 Å². The first-order chi connectivity index (χ1) is 42.7. The Kier molecular flexibility index (Phi) is 61.5. The van der Waals surface area contributed by atoms with Crippen LogP contribution in [0, 0.1) is 0 Å². The molecule has 0 bridgehead atoms. The number of rotatable bonds is 68. The van der Waals surface area contributed by atoms with Crippen molar-refractivity contribution in [1.29, 1.82) is 0 Å². The third-order valence-corrected chi connectivity index (χ3v) is 17.4. The maximum absolute atomic E-state index is 13.0. The quantitative estimate of drug-likeness (QED) is 0.0169. The molecule has 0 aliphatic rings. The number of allylic oxidation sites excluding steroid dienone is 4. The molecule has 5 atom stereocenters. The third kappa shape index (κ3) is 62.4. The second-order valence-corrected chi connectivity index (χ2v) is 27.1. The number of hydrogen-bond donors (Lipinski definition) is 3. The summed E-state index contributed by atoms with van der Waals surface area (Å²) in [6.07, 6.45) is 54.0. The molecular weight excluding hydrogens is 1160 g/mol. The van der Waals surface area contributed by atoms with Crippen molar-refractivity contribution < 1.29 is 80.2 Å². The molecular formula is C69H130O17P2. The van der Waals surface area contributed by atoms with E-state index < -0.39 is 97.5 Å². The molecule has 0 rings (SSSR count). The van der Waals surface area contributed by atoms with Gasteiger partial charge >= 0.3 is 39.5 Å². The van der Waals surface area contributed by atoms with E-state index in [-0.39, 0.29) is 25.7 Å². The summed E-state index contributed by atoms with van der Waals surface area (Å²) < 4.78 is 67.9. The summed E-state index contributed by atoms with van der Waals surface area (Å²) in [5, 5.41) is 10.5. The number of ether oxygens (including phenoxy) is 4. The molecule has 17 nitrogen and oxygen atoms in total. The smallest absolute Gasteiger partial charge is 0.462 e. The topological polar surface area (TPSA) is 237 Å². The average molecular weight is 1290 g/mol. The monoisotopic (exact) mass is 1290 g/mol. The first kappa shape index (κ1) is 85.5. The van der Waals surface area contributed by atoms with Gasteiger partial charge in [0.05, 0.1) is 26.4 Å². The Morgan fingerprint density at radius 1 is 0.318 bits per heavy atom. The van der Waals surface area contributed by atoms with Crippen molar-refractivity contribution in [2.24, 2.45) is 0 Å². The Balaban J connectivity index is 5.16. The minimum absolute atomic E-state index is 0.102. The van der Waals surface area contributed by atoms with Crippen LogP contribution >= 0.6 is 15.6 Å². The van der Waals surface area contributed by atoms with Crippen molar-refractivity contribution in [2.75, 3.05) is 39.6 Å². The van der Waals surface area contributed by atoms with E-state index in [9.17, 15) is 43.2 Å². The number of esters is 4. The second-order valence-electron chi connectivity index (χ2n) is 24.2. The van der Waals surface area contributed by atoms with Crippen LogP contribution in [0.5, 0.6) is 0 Å². The fraction of sp³-hybridized carbons (Fsp3) is 0.884. The minimum Gasteiger partial charge on any atom is -0.462 e. The molecule has 0 saturated carbocycles. The van der Waals surface area contributed by atoms with E-state index in [1.54, 1.807) is 0 Å². The van der Waals surface area contributed by atoms with Crippen molar-refractivity contribution in [3.05, 3.63) is 24.3 Å². The molecule has 0 radical (unpaired) electrons. The number of aliphatic hydroxyl groups excluding tert-OH is 1. The van der Waals surface area contributed by atoms with E-state index in [1.165, 1.54) is 141 Å². The second kappa shape index (κ2) is 63.3. The molecule has 0 aliphatic heterocycles. The van der Waals surface area contributed by atoms with Gasteiger partial charge in [-0.2, -0.15) is 0 Å². The molecule has 0 aromatic heterocycles. The van der Waals surface area contributed by atoms with Crippen LogP contribution in [0.4, 0.5) is 0 Å². The summed E-state index contributed by atoms with van der Waals surface area (Å²) in [6, 6.07) is 0. The summed E-state index contributed by atoms with van der Waals surface area (Å²) in [5.41, 5.74) is 0. The lowest BCUT2D eigenvalue weighted by Crippen LogP contribution is -2.30. The zero-order valence-electron chi connectivity index (χ0n) is 56.2. The van der Waals surface area contributed by atoms with Crippen LogP contribution < -0.4 is 0 Å². The van der Waals surface area contributed by atoms with Crippen molar-refractivity contribution in [3.63, 3.8) is 0 Å². The van der Waals surface area contributed by atoms with Gasteiger partial charge in [0.2, 0.25) is 0 Å². The van der Waals surface area contributed by atoms with Crippen molar-refractivity contribution in [3.8, 4) is 0 Å². The third-order valence-electron chi connectivity index (χ3n) is 15.5. The number of unbranched alkanes of at least 4 members (excludes halogenated alkanes) is 39. The molecule has 88 heavy (non-hydrogen) atoms. The number of carbonyl (C=O) groups is 4. The number of phosphoric acid groups is 2. The van der Waals surface area contributed by atoms with E-state index in [4.69, 9.17) is 37.0 Å². The van der Waals surface area contributed by atoms with E-state index >= 15 is 0 Å². The van der Waals surface area contributed by atoms with Gasteiger partial charge < -0.3 is 33.8 Å². The van der Waals surface area contributed by atoms with Crippen LogP contribution in [0.15, 0.2) is 24.3 Å². The molecule has 0 amide bonds. The van der Waals surface area contributed by atoms with Gasteiger partial charge in [0.1, 0.15) is 19.3 Å². The molecule has 3 N–H and O–H groups in total. The SMILES string of the molecule is CCCCCC/C=C\C=C/CCCCCCCC(=O)OC[C@H](COP(=O)(O)OC[C@@H](O)COP(=O)(O)OC[C@@H](COC(=O)CCCCCCC)OC(=O)CCCCCCCCCCC)OC(=O)CCCCCCCCCCCCCCCCCCCCC. The predicted molar refractivity (Wildman–Crippen MR) is 354 cm³/mol. The molecule has 518 valence electrons. The number of carbonyl (C=O) groups excluding carboxylic acids is 4. The van der Waals surface area contributed by atoms with Crippen LogP contribution in [-0.4, -0.2) is 96.7 Å². The first-order valence-electron chi connectivity index (χ1n) is 35.6. The summed E-state index contributed by atoms with van der Waals surface area (Å²) in [5.74, 6) is -2.17. The van der Waals surface area contributed by atoms with Gasteiger partial charge in [-0.15, -0.1) is 0 Å². The summed E-state index contributed by atoms with van der Waals surface area (Å²) >= 11 is 0. The van der Waals surface area contributed by atoms with Crippen LogP contribution in [0.1, 0.15) is 336 Å². The van der Waals surface area contributed by atoms with Gasteiger partial charge in [-0.25, -0.2) is 9.13 Å². The molecule has 2 unspecified atom stereocenters. The summed E-state index contributed by atoms with van der Waals surface area (Å²) in [6.45, 7) is 4.76. The number of phosphoric ester groups is 2. The first-order valence-corrected chi connectivity index (χ1v) is 38.6. The maximum Gasteiger partial charge on any atom is 0.472 e. The Bertz CT molecular complexity index is 1780. The normalized spacial score (nSPS) is 14.2. The highest BCUT2D eigenvalue weighted by Crippen LogP contribution is 2.45. The zero-order valence-corrected chi connectivity index (χ0v) is 58.0. The Morgan fingerprint density at radius 3 is 0.830 bits per heavy atom. The average Bonchev–Trinajstić information content (AvgIpc) is 3.70. The summed E-state index contributed by atoms with van der Waals surface area (Å²) in [4.78, 5) is 72.1. The standard InChI is InChI=1S/C69H130O17P2/c1-5-9-13-17-20-23-25-27-29-30-31-32-34-36-38-41-44-48-52-56-69(74)86-65(60-80-67(72)54-50-46-42-40-37-35-33-28-26-24-21-18-14-10-6-2)62-84-88(77,78)82-58-63(70)57-81-87(75,76)83-61-64(59-79-66(71)53-49-45-16-12-8-4)85-68(73)55-51-47-43-39-22-19-15-11-7-3/h24,26,28,33,63-65,70H,5-23,25,27,29-32,34-62H2,1-4H3,(H,75,76)(H,77,78)/b26-24-,33-28-/t63-,64+,65+/m0/s1. The van der Waals surface area contributed by atoms with Gasteiger partial charge in [-0.3, -0.25) is 37.3 Å². The lowest BCUT2D eigenvalue weighted by Gasteiger charge is -2.21. The van der Waals surface area contributed by atoms with E-state index in [0.717, 1.165) is 116 Å². The fourth-order valence-corrected chi connectivity index (χ4v) is 11.6. The highest BCUT2D eigenvalue weighted by Gasteiger charge is 2.30. The lowest BCUT2D eigenvalue weighted by atomic mass is 10.0. The van der Waals surface area contributed by atoms with Gasteiger partial charge in [0, 0.05) is 25.7 Å². The van der Waals surface area contributed by atoms with Crippen LogP contribution in [-0.2, 0) is 65.4 Å². The lowest BCUT2D eigenvalue weighted by molar-refractivity contribution is -0.161. The molecule has 0 saturated heterocycles. The number of aliphatic hydroxyl groups is 1. The van der Waals surface area contributed by atoms with Crippen LogP contribution in [0.2, 0.25) is 0 Å². The van der Waals surface area contributed by atoms with Crippen molar-refractivity contribution in [2.45, 2.75) is 354 Å². The van der Waals surface area contributed by atoms with Crippen molar-refractivity contribution >= 4 is 39.5 Å². The predicted octanol–water partition coefficient (Wildman–Crippen LogP) is 19.4. The molecule has 19 heteroatoms. The van der Waals surface area contributed by atoms with E-state index in [0.29, 0.717) is 25.7 Å². The largest absolute Gasteiger partial charge is 0.472 e. The maximum atomic E-state index is 13.0. The fourth-order valence-electron chi connectivity index (χ4n) is 9.98. The molecule has 0 aliphatic carbocycles. The highest BCUT2D eigenvalue weighted by atomic mass is 31.2. The van der Waals surface area contributed by atoms with E-state index in [2.05, 4.69) is 52.0 Å². The number of hydrogen-bond acceptors (Lipinski definition) is 15. The molecule has 0 heterocycles. The van der Waals surface area contributed by atoms with Gasteiger partial charge in [-0.05, 0) is 51.4 Å². The molecule has 0 fully saturated rings. The molecule has 0 spiro atoms. The van der Waals surface area contributed by atoms with Crippen LogP contribution in [0.25, 0.3) is 0 Å². The minimum atomic E-state index is -4.95. The summed E-state index contributed by atoms with van der Waals surface area (Å²) in [7, 11) is -9.89. The Morgan fingerprint density at radius 2 is 0.545 bits per heavy atom. The zero-order chi connectivity index (χ0) is 64.7. The van der Waals surface area contributed by atoms with Crippen molar-refractivity contribution in [1.82, 2.24) is 0 Å².